The van der Waals surface area contributed by atoms with Gasteiger partial charge in [0.2, 0.25) is 0 Å². The zero-order chi connectivity index (χ0) is 24.6. The minimum Gasteiger partial charge on any atom is -0.320 e. The van der Waals surface area contributed by atoms with E-state index >= 15 is 0 Å². The average Bonchev–Trinajstić information content (AvgIpc) is 2.77. The Morgan fingerprint density at radius 1 is 1.09 bits per heavy atom. The van der Waals surface area contributed by atoms with Crippen molar-refractivity contribution in [1.29, 1.82) is 0 Å². The van der Waals surface area contributed by atoms with Crippen LogP contribution in [-0.4, -0.2) is 19.2 Å². The van der Waals surface area contributed by atoms with E-state index in [1.807, 2.05) is 0 Å². The monoisotopic (exact) mass is 642 g/mol. The fourth-order valence-corrected chi connectivity index (χ4v) is 7.39. The van der Waals surface area contributed by atoms with Gasteiger partial charge in [0.15, 0.2) is 9.84 Å². The summed E-state index contributed by atoms with van der Waals surface area (Å²) in [5.41, 5.74) is 1.15. The Hall–Kier alpha value is -2.18. The molecule has 0 fully saturated rings. The molecule has 7 nitrogen and oxygen atoms in total. The molecule has 0 bridgehead atoms. The van der Waals surface area contributed by atoms with Crippen LogP contribution in [0, 0.1) is 10.1 Å². The molecule has 0 spiro atoms. The van der Waals surface area contributed by atoms with Gasteiger partial charge in [-0.05, 0) is 53.6 Å². The van der Waals surface area contributed by atoms with E-state index in [0.717, 1.165) is 11.8 Å². The first-order chi connectivity index (χ1) is 16.0. The largest absolute Gasteiger partial charge is 0.320 e. The number of anilines is 1. The summed E-state index contributed by atoms with van der Waals surface area (Å²) in [5.74, 6) is -0.673. The highest BCUT2D eigenvalue weighted by Crippen LogP contribution is 2.41. The number of thioether (sulfide) groups is 1. The fraction of sp³-hybridized carbons (Fsp3) is 0.0455. The third-order valence-corrected chi connectivity index (χ3v) is 9.41. The quantitative estimate of drug-likeness (QED) is 0.185. The first kappa shape index (κ1) is 24.9. The number of carbonyl (C=O) groups excluding carboxylic acids is 1. The zero-order valence-electron chi connectivity index (χ0n) is 16.9. The van der Waals surface area contributed by atoms with Crippen LogP contribution in [0.15, 0.2) is 78.2 Å². The Balaban J connectivity index is 1.62. The first-order valence-electron chi connectivity index (χ1n) is 9.50. The number of rotatable bonds is 5. The van der Waals surface area contributed by atoms with Gasteiger partial charge in [0, 0.05) is 19.9 Å². The lowest BCUT2D eigenvalue weighted by Crippen LogP contribution is -2.18. The van der Waals surface area contributed by atoms with Gasteiger partial charge in [0.05, 0.1) is 26.2 Å². The van der Waals surface area contributed by atoms with Crippen LogP contribution >= 0.6 is 55.2 Å². The van der Waals surface area contributed by atoms with Crippen molar-refractivity contribution in [2.45, 2.75) is 15.5 Å². The smallest absolute Gasteiger partial charge is 0.288 e. The van der Waals surface area contributed by atoms with Gasteiger partial charge in [-0.2, -0.15) is 0 Å². The summed E-state index contributed by atoms with van der Waals surface area (Å²) in [6, 6.07) is 14.1. The number of nitro groups is 1. The summed E-state index contributed by atoms with van der Waals surface area (Å²) >= 11 is 13.8. The van der Waals surface area contributed by atoms with Gasteiger partial charge < -0.3 is 5.32 Å². The topological polar surface area (TPSA) is 106 Å². The molecule has 0 atom stereocenters. The van der Waals surface area contributed by atoms with E-state index in [1.54, 1.807) is 30.3 Å². The lowest BCUT2D eigenvalue weighted by Gasteiger charge is -2.19. The van der Waals surface area contributed by atoms with Crippen molar-refractivity contribution in [2.24, 2.45) is 0 Å². The summed E-state index contributed by atoms with van der Waals surface area (Å²) in [6.07, 6.45) is 1.52. The van der Waals surface area contributed by atoms with Gasteiger partial charge in [-0.15, -0.1) is 0 Å². The Bertz CT molecular complexity index is 1470. The van der Waals surface area contributed by atoms with E-state index in [4.69, 9.17) is 11.6 Å². The standard InChI is InChI=1S/C22H13Br2ClN2O5S2/c23-15-2-1-3-16(24)14(15)11-34(31,32)13-5-7-20-18(10-13)26-22(28)21(33-20)9-12-4-6-17(25)19(8-12)27(29)30/h1-10H,11H2,(H,26,28)/b21-9-. The lowest BCUT2D eigenvalue weighted by atomic mass is 10.2. The number of nitrogens with zero attached hydrogens (tertiary/aromatic N) is 1. The highest BCUT2D eigenvalue weighted by atomic mass is 79.9. The molecule has 1 amide bonds. The number of hydrogen-bond acceptors (Lipinski definition) is 6. The van der Waals surface area contributed by atoms with Crippen LogP contribution < -0.4 is 5.32 Å². The van der Waals surface area contributed by atoms with Crippen molar-refractivity contribution >= 4 is 88.4 Å². The predicted molar refractivity (Wildman–Crippen MR) is 140 cm³/mol. The summed E-state index contributed by atoms with van der Waals surface area (Å²) in [7, 11) is -3.70. The van der Waals surface area contributed by atoms with E-state index in [2.05, 4.69) is 37.2 Å². The second-order valence-electron chi connectivity index (χ2n) is 7.15. The van der Waals surface area contributed by atoms with Crippen LogP contribution in [0.4, 0.5) is 11.4 Å². The van der Waals surface area contributed by atoms with E-state index in [1.165, 1.54) is 30.3 Å². The molecule has 0 radical (unpaired) electrons. The normalized spacial score (nSPS) is 14.6. The number of nitrogens with one attached hydrogen (secondary N) is 1. The first-order valence-corrected chi connectivity index (χ1v) is 13.9. The predicted octanol–water partition coefficient (Wildman–Crippen LogP) is 6.83. The lowest BCUT2D eigenvalue weighted by molar-refractivity contribution is -0.384. The number of sulfone groups is 1. The second-order valence-corrected chi connectivity index (χ2v) is 12.3. The zero-order valence-corrected chi connectivity index (χ0v) is 22.5. The van der Waals surface area contributed by atoms with Gasteiger partial charge in [-0.1, -0.05) is 67.4 Å². The molecule has 1 N–H and O–H groups in total. The van der Waals surface area contributed by atoms with Crippen LogP contribution in [0.3, 0.4) is 0 Å². The highest BCUT2D eigenvalue weighted by Gasteiger charge is 2.25. The Labute approximate surface area is 220 Å². The fourth-order valence-electron chi connectivity index (χ4n) is 3.19. The third kappa shape index (κ3) is 5.23. The molecule has 0 unspecified atom stereocenters. The minimum absolute atomic E-state index is 0.00143. The number of hydrogen-bond donors (Lipinski definition) is 1. The molecule has 1 heterocycles. The molecular weight excluding hydrogens is 632 g/mol. The summed E-state index contributed by atoms with van der Waals surface area (Å²) in [5, 5.41) is 13.8. The number of carbonyl (C=O) groups is 1. The molecule has 3 aromatic carbocycles. The highest BCUT2D eigenvalue weighted by molar-refractivity contribution is 9.11. The number of benzene rings is 3. The number of halogens is 3. The maximum absolute atomic E-state index is 13.1. The summed E-state index contributed by atoms with van der Waals surface area (Å²) < 4.78 is 27.5. The van der Waals surface area contributed by atoms with Gasteiger partial charge in [-0.25, -0.2) is 8.42 Å². The molecule has 3 aromatic rings. The third-order valence-electron chi connectivity index (χ3n) is 4.86. The number of amides is 1. The van der Waals surface area contributed by atoms with Crippen molar-refractivity contribution in [3.05, 3.63) is 94.7 Å². The molecular formula is C22H13Br2ClN2O5S2. The summed E-state index contributed by atoms with van der Waals surface area (Å²) in [6.45, 7) is 0. The van der Waals surface area contributed by atoms with Gasteiger partial charge in [0.25, 0.3) is 11.6 Å². The molecule has 4 rings (SSSR count). The van der Waals surface area contributed by atoms with E-state index < -0.39 is 20.7 Å². The van der Waals surface area contributed by atoms with Crippen molar-refractivity contribution in [3.63, 3.8) is 0 Å². The number of nitro benzene ring substituents is 1. The SMILES string of the molecule is O=C1Nc2cc(S(=O)(=O)Cc3c(Br)cccc3Br)ccc2S/C1=C\c1ccc(Cl)c([N+](=O)[O-])c1. The van der Waals surface area contributed by atoms with Crippen LogP contribution in [0.5, 0.6) is 0 Å². The maximum atomic E-state index is 13.1. The van der Waals surface area contributed by atoms with Crippen LogP contribution in [0.2, 0.25) is 5.02 Å². The second kappa shape index (κ2) is 9.82. The Morgan fingerprint density at radius 2 is 1.79 bits per heavy atom. The van der Waals surface area contributed by atoms with Crippen molar-refractivity contribution in [3.8, 4) is 0 Å². The molecule has 174 valence electrons. The van der Waals surface area contributed by atoms with Gasteiger partial charge in [-0.3, -0.25) is 14.9 Å². The van der Waals surface area contributed by atoms with Crippen LogP contribution in [-0.2, 0) is 20.4 Å². The molecule has 0 aliphatic carbocycles. The number of fused-ring (bicyclic) bond motifs is 1. The Morgan fingerprint density at radius 3 is 2.47 bits per heavy atom. The van der Waals surface area contributed by atoms with Crippen molar-refractivity contribution in [2.75, 3.05) is 5.32 Å². The van der Waals surface area contributed by atoms with Crippen LogP contribution in [0.1, 0.15) is 11.1 Å². The molecule has 0 aromatic heterocycles. The molecule has 34 heavy (non-hydrogen) atoms. The van der Waals surface area contributed by atoms with Gasteiger partial charge in [0.1, 0.15) is 5.02 Å². The molecule has 0 saturated heterocycles. The Kier molecular flexibility index (Phi) is 7.20. The average molecular weight is 645 g/mol. The molecule has 0 saturated carbocycles. The van der Waals surface area contributed by atoms with Crippen LogP contribution in [0.25, 0.3) is 6.08 Å². The molecule has 12 heteroatoms. The molecule has 1 aliphatic heterocycles. The van der Waals surface area contributed by atoms with Crippen molar-refractivity contribution in [1.82, 2.24) is 0 Å². The summed E-state index contributed by atoms with van der Waals surface area (Å²) in [4.78, 5) is 24.2. The minimum atomic E-state index is -3.70. The van der Waals surface area contributed by atoms with E-state index in [-0.39, 0.29) is 21.4 Å². The maximum Gasteiger partial charge on any atom is 0.288 e. The van der Waals surface area contributed by atoms with Gasteiger partial charge >= 0.3 is 0 Å². The van der Waals surface area contributed by atoms with Crippen molar-refractivity contribution < 1.29 is 18.1 Å². The molecule has 1 aliphatic rings. The van der Waals surface area contributed by atoms with E-state index in [0.29, 0.717) is 35.6 Å². The van der Waals surface area contributed by atoms with E-state index in [9.17, 15) is 23.3 Å².